The number of aromatic amines is 1. The summed E-state index contributed by atoms with van der Waals surface area (Å²) in [5.74, 6) is 1.30. The van der Waals surface area contributed by atoms with Crippen LogP contribution in [-0.2, 0) is 11.2 Å². The van der Waals surface area contributed by atoms with Crippen LogP contribution in [0.5, 0.6) is 5.75 Å². The molecule has 2 aromatic heterocycles. The van der Waals surface area contributed by atoms with Crippen LogP contribution in [0.3, 0.4) is 0 Å². The lowest BCUT2D eigenvalue weighted by Gasteiger charge is -2.30. The van der Waals surface area contributed by atoms with Gasteiger partial charge in [-0.1, -0.05) is 12.1 Å². The van der Waals surface area contributed by atoms with Crippen LogP contribution < -0.4 is 15.6 Å². The molecule has 1 aromatic carbocycles. The number of carbonyl (C=O) groups excluding carboxylic acids is 1. The predicted octanol–water partition coefficient (Wildman–Crippen LogP) is 2.98. The first-order chi connectivity index (χ1) is 14.5. The first-order valence-electron chi connectivity index (χ1n) is 10.3. The summed E-state index contributed by atoms with van der Waals surface area (Å²) < 4.78 is 6.27. The van der Waals surface area contributed by atoms with Crippen molar-refractivity contribution in [3.05, 3.63) is 64.1 Å². The van der Waals surface area contributed by atoms with E-state index in [4.69, 9.17) is 4.74 Å². The van der Waals surface area contributed by atoms with Gasteiger partial charge in [-0.2, -0.15) is 0 Å². The Morgan fingerprint density at radius 3 is 2.77 bits per heavy atom. The van der Waals surface area contributed by atoms with Gasteiger partial charge in [-0.25, -0.2) is 4.98 Å². The highest BCUT2D eigenvalue weighted by Gasteiger charge is 2.24. The molecule has 0 atom stereocenters. The van der Waals surface area contributed by atoms with Crippen molar-refractivity contribution in [3.8, 4) is 5.75 Å². The average molecular weight is 406 g/mol. The van der Waals surface area contributed by atoms with Gasteiger partial charge in [0, 0.05) is 40.5 Å². The fourth-order valence-electron chi connectivity index (χ4n) is 4.10. The molecule has 0 radical (unpaired) electrons. The van der Waals surface area contributed by atoms with Gasteiger partial charge in [-0.3, -0.25) is 14.6 Å². The molecule has 7 nitrogen and oxygen atoms in total. The van der Waals surface area contributed by atoms with Gasteiger partial charge in [0.05, 0.1) is 12.5 Å². The lowest BCUT2D eigenvalue weighted by molar-refractivity contribution is -0.121. The van der Waals surface area contributed by atoms with E-state index in [-0.39, 0.29) is 30.0 Å². The molecule has 2 heterocycles. The number of fused-ring (bicyclic) bond motifs is 1. The molecule has 1 aliphatic carbocycles. The maximum absolute atomic E-state index is 12.5. The Kier molecular flexibility index (Phi) is 5.79. The number of aryl methyl sites for hydroxylation is 2. The number of aromatic nitrogens is 3. The number of pyridine rings is 1. The van der Waals surface area contributed by atoms with Crippen LogP contribution in [0, 0.1) is 13.8 Å². The van der Waals surface area contributed by atoms with E-state index >= 15 is 0 Å². The van der Waals surface area contributed by atoms with E-state index in [0.717, 1.165) is 42.2 Å². The zero-order chi connectivity index (χ0) is 21.1. The van der Waals surface area contributed by atoms with Crippen molar-refractivity contribution < 1.29 is 9.53 Å². The molecule has 1 fully saturated rings. The van der Waals surface area contributed by atoms with Crippen LogP contribution >= 0.6 is 0 Å². The van der Waals surface area contributed by atoms with Crippen LogP contribution in [-0.4, -0.2) is 33.0 Å². The van der Waals surface area contributed by atoms with Crippen molar-refractivity contribution in [2.45, 2.75) is 58.1 Å². The number of amides is 1. The van der Waals surface area contributed by atoms with Gasteiger partial charge in [-0.05, 0) is 51.7 Å². The summed E-state index contributed by atoms with van der Waals surface area (Å²) in [6, 6.07) is 8.07. The number of ether oxygens (including phenoxy) is 1. The second-order valence-electron chi connectivity index (χ2n) is 7.90. The van der Waals surface area contributed by atoms with Crippen LogP contribution in [0.25, 0.3) is 10.8 Å². The number of benzene rings is 1. The highest BCUT2D eigenvalue weighted by molar-refractivity contribution is 5.87. The molecule has 0 bridgehead atoms. The van der Waals surface area contributed by atoms with Gasteiger partial charge in [-0.15, -0.1) is 0 Å². The molecule has 7 heteroatoms. The van der Waals surface area contributed by atoms with E-state index in [1.165, 1.54) is 0 Å². The molecule has 0 saturated heterocycles. The summed E-state index contributed by atoms with van der Waals surface area (Å²) >= 11 is 0. The molecular formula is C23H26N4O3. The Hall–Kier alpha value is -3.22. The SMILES string of the molecule is Cc1nc(C)c(CC(=O)NC2CCC(Oc3cccc4cnccc34)CC2)c(=O)[nH]1. The van der Waals surface area contributed by atoms with Crippen molar-refractivity contribution in [2.24, 2.45) is 0 Å². The second-order valence-corrected chi connectivity index (χ2v) is 7.90. The quantitative estimate of drug-likeness (QED) is 0.679. The van der Waals surface area contributed by atoms with Gasteiger partial charge in [0.1, 0.15) is 11.6 Å². The predicted molar refractivity (Wildman–Crippen MR) is 115 cm³/mol. The number of carbonyl (C=O) groups is 1. The molecule has 1 aliphatic rings. The number of nitrogens with one attached hydrogen (secondary N) is 2. The van der Waals surface area contributed by atoms with Crippen LogP contribution in [0.4, 0.5) is 0 Å². The monoisotopic (exact) mass is 406 g/mol. The molecule has 1 saturated carbocycles. The normalized spacial score (nSPS) is 18.9. The minimum Gasteiger partial charge on any atom is -0.490 e. The smallest absolute Gasteiger partial charge is 0.254 e. The molecule has 4 rings (SSSR count). The summed E-state index contributed by atoms with van der Waals surface area (Å²) in [7, 11) is 0. The molecular weight excluding hydrogens is 380 g/mol. The van der Waals surface area contributed by atoms with Crippen molar-refractivity contribution in [1.29, 1.82) is 0 Å². The summed E-state index contributed by atoms with van der Waals surface area (Å²) in [5.41, 5.74) is 0.798. The van der Waals surface area contributed by atoms with Gasteiger partial charge in [0.25, 0.3) is 5.56 Å². The first-order valence-corrected chi connectivity index (χ1v) is 10.3. The average Bonchev–Trinajstić information content (AvgIpc) is 2.72. The number of H-pyrrole nitrogens is 1. The largest absolute Gasteiger partial charge is 0.490 e. The second kappa shape index (κ2) is 8.65. The van der Waals surface area contributed by atoms with E-state index < -0.39 is 0 Å². The lowest BCUT2D eigenvalue weighted by Crippen LogP contribution is -2.41. The minimum atomic E-state index is -0.238. The topological polar surface area (TPSA) is 97.0 Å². The van der Waals surface area contributed by atoms with Gasteiger partial charge in [0.2, 0.25) is 5.91 Å². The number of hydrogen-bond donors (Lipinski definition) is 2. The van der Waals surface area contributed by atoms with E-state index in [1.807, 2.05) is 30.5 Å². The highest BCUT2D eigenvalue weighted by atomic mass is 16.5. The van der Waals surface area contributed by atoms with Gasteiger partial charge < -0.3 is 15.0 Å². The number of nitrogens with zero attached hydrogens (tertiary/aromatic N) is 2. The molecule has 156 valence electrons. The number of hydrogen-bond acceptors (Lipinski definition) is 5. The third-order valence-corrected chi connectivity index (χ3v) is 5.65. The molecule has 1 amide bonds. The molecule has 2 N–H and O–H groups in total. The summed E-state index contributed by atoms with van der Waals surface area (Å²) in [6.07, 6.45) is 7.24. The standard InChI is InChI=1S/C23H26N4O3/c1-14-20(23(29)26-15(2)25-14)12-22(28)27-17-6-8-18(9-7-17)30-21-5-3-4-16-13-24-11-10-19(16)21/h3-5,10-11,13,17-18H,6-9,12H2,1-2H3,(H,27,28)(H,25,26,29). The third-order valence-electron chi connectivity index (χ3n) is 5.65. The Morgan fingerprint density at radius 1 is 1.20 bits per heavy atom. The zero-order valence-electron chi connectivity index (χ0n) is 17.3. The van der Waals surface area contributed by atoms with Crippen molar-refractivity contribution in [1.82, 2.24) is 20.3 Å². The van der Waals surface area contributed by atoms with Gasteiger partial charge in [0.15, 0.2) is 0 Å². The van der Waals surface area contributed by atoms with Gasteiger partial charge >= 0.3 is 0 Å². The summed E-state index contributed by atoms with van der Waals surface area (Å²) in [4.78, 5) is 35.6. The fourth-order valence-corrected chi connectivity index (χ4v) is 4.10. The molecule has 0 spiro atoms. The fraction of sp³-hybridized carbons (Fsp3) is 0.391. The molecule has 0 aliphatic heterocycles. The van der Waals surface area contributed by atoms with E-state index in [9.17, 15) is 9.59 Å². The van der Waals surface area contributed by atoms with Crippen LogP contribution in [0.1, 0.15) is 42.8 Å². The maximum atomic E-state index is 12.5. The summed E-state index contributed by atoms with van der Waals surface area (Å²) in [6.45, 7) is 3.49. The van der Waals surface area contributed by atoms with Crippen LogP contribution in [0.15, 0.2) is 41.5 Å². The lowest BCUT2D eigenvalue weighted by atomic mass is 9.92. The Morgan fingerprint density at radius 2 is 2.00 bits per heavy atom. The van der Waals surface area contributed by atoms with E-state index in [2.05, 4.69) is 20.3 Å². The Labute approximate surface area is 174 Å². The first kappa shape index (κ1) is 20.1. The minimum absolute atomic E-state index is 0.0505. The van der Waals surface area contributed by atoms with Crippen molar-refractivity contribution >= 4 is 16.7 Å². The van der Waals surface area contributed by atoms with E-state index in [0.29, 0.717) is 17.1 Å². The van der Waals surface area contributed by atoms with Crippen molar-refractivity contribution in [2.75, 3.05) is 0 Å². The Bertz CT molecular complexity index is 1110. The van der Waals surface area contributed by atoms with Crippen LogP contribution in [0.2, 0.25) is 0 Å². The maximum Gasteiger partial charge on any atom is 0.254 e. The molecule has 0 unspecified atom stereocenters. The van der Waals surface area contributed by atoms with Crippen molar-refractivity contribution in [3.63, 3.8) is 0 Å². The Balaban J connectivity index is 1.31. The molecule has 3 aromatic rings. The highest BCUT2D eigenvalue weighted by Crippen LogP contribution is 2.29. The number of rotatable bonds is 5. The zero-order valence-corrected chi connectivity index (χ0v) is 17.3. The summed E-state index contributed by atoms with van der Waals surface area (Å²) in [5, 5.41) is 5.19. The third kappa shape index (κ3) is 4.50. The molecule has 30 heavy (non-hydrogen) atoms. The van der Waals surface area contributed by atoms with E-state index in [1.54, 1.807) is 20.0 Å².